The van der Waals surface area contributed by atoms with E-state index >= 15 is 0 Å². The van der Waals surface area contributed by atoms with Crippen LogP contribution < -0.4 is 10.0 Å². The highest BCUT2D eigenvalue weighted by Gasteiger charge is 2.04. The van der Waals surface area contributed by atoms with E-state index in [4.69, 9.17) is 16.5 Å². The molecule has 18 heavy (non-hydrogen) atoms. The SMILES string of the molecule is COc1ccccc1CC[PH](=S)c1ccccc1. The van der Waals surface area contributed by atoms with Crippen molar-refractivity contribution in [2.24, 2.45) is 0 Å². The predicted octanol–water partition coefficient (Wildman–Crippen LogP) is 3.24. The summed E-state index contributed by atoms with van der Waals surface area (Å²) in [4.78, 5) is 0. The summed E-state index contributed by atoms with van der Waals surface area (Å²) in [5.74, 6) is 0.968. The lowest BCUT2D eigenvalue weighted by molar-refractivity contribution is 0.410. The molecular weight excluding hydrogens is 259 g/mol. The lowest BCUT2D eigenvalue weighted by Gasteiger charge is -2.09. The van der Waals surface area contributed by atoms with E-state index in [0.29, 0.717) is 0 Å². The Hall–Kier alpha value is -1.11. The molecule has 1 atom stereocenters. The number of hydrogen-bond donors (Lipinski definition) is 0. The molecule has 0 aliphatic rings. The maximum absolute atomic E-state index is 5.64. The van der Waals surface area contributed by atoms with E-state index in [1.165, 1.54) is 10.9 Å². The van der Waals surface area contributed by atoms with Gasteiger partial charge in [-0.05, 0) is 36.2 Å². The van der Waals surface area contributed by atoms with Crippen molar-refractivity contribution in [2.45, 2.75) is 6.42 Å². The van der Waals surface area contributed by atoms with Gasteiger partial charge >= 0.3 is 0 Å². The average Bonchev–Trinajstić information content (AvgIpc) is 2.46. The van der Waals surface area contributed by atoms with Crippen molar-refractivity contribution in [3.8, 4) is 5.75 Å². The number of methoxy groups -OCH3 is 1. The Morgan fingerprint density at radius 1 is 1.00 bits per heavy atom. The Balaban J connectivity index is 2.02. The first-order valence-electron chi connectivity index (χ1n) is 6.01. The highest BCUT2D eigenvalue weighted by Crippen LogP contribution is 2.25. The molecule has 2 rings (SSSR count). The third kappa shape index (κ3) is 3.44. The van der Waals surface area contributed by atoms with Crippen LogP contribution in [0.4, 0.5) is 0 Å². The van der Waals surface area contributed by atoms with Gasteiger partial charge in [-0.2, -0.15) is 0 Å². The summed E-state index contributed by atoms with van der Waals surface area (Å²) in [6.07, 6.45) is 2.06. The molecule has 1 nitrogen and oxygen atoms in total. The van der Waals surface area contributed by atoms with Gasteiger partial charge in [0.25, 0.3) is 0 Å². The van der Waals surface area contributed by atoms with Crippen LogP contribution in [0.25, 0.3) is 0 Å². The minimum absolute atomic E-state index is 0.862. The summed E-state index contributed by atoms with van der Waals surface area (Å²) in [5, 5.41) is 1.33. The van der Waals surface area contributed by atoms with Gasteiger partial charge in [0, 0.05) is 0 Å². The van der Waals surface area contributed by atoms with Crippen LogP contribution in [-0.4, -0.2) is 13.3 Å². The van der Waals surface area contributed by atoms with Crippen LogP contribution >= 0.6 is 6.70 Å². The van der Waals surface area contributed by atoms with Gasteiger partial charge in [-0.15, -0.1) is 0 Å². The molecule has 1 unspecified atom stereocenters. The molecule has 0 radical (unpaired) electrons. The first kappa shape index (κ1) is 13.3. The van der Waals surface area contributed by atoms with Gasteiger partial charge in [0.2, 0.25) is 0 Å². The van der Waals surface area contributed by atoms with Gasteiger partial charge in [-0.3, -0.25) is 0 Å². The summed E-state index contributed by atoms with van der Waals surface area (Å²) >= 11 is 5.64. The van der Waals surface area contributed by atoms with Crippen molar-refractivity contribution in [2.75, 3.05) is 13.3 Å². The van der Waals surface area contributed by atoms with Crippen LogP contribution in [0.5, 0.6) is 5.75 Å². The molecule has 0 aliphatic carbocycles. The minimum Gasteiger partial charge on any atom is -0.496 e. The van der Waals surface area contributed by atoms with E-state index in [9.17, 15) is 0 Å². The topological polar surface area (TPSA) is 9.23 Å². The van der Waals surface area contributed by atoms with E-state index in [2.05, 4.69) is 36.4 Å². The molecule has 2 aromatic rings. The van der Waals surface area contributed by atoms with E-state index in [1.54, 1.807) is 7.11 Å². The van der Waals surface area contributed by atoms with Crippen molar-refractivity contribution < 1.29 is 4.74 Å². The van der Waals surface area contributed by atoms with Gasteiger partial charge < -0.3 is 4.74 Å². The minimum atomic E-state index is -0.862. The van der Waals surface area contributed by atoms with Gasteiger partial charge in [0.15, 0.2) is 0 Å². The van der Waals surface area contributed by atoms with Crippen LogP contribution in [0, 0.1) is 0 Å². The monoisotopic (exact) mass is 276 g/mol. The fourth-order valence-electron chi connectivity index (χ4n) is 1.93. The fourth-order valence-corrected chi connectivity index (χ4v) is 3.99. The molecule has 94 valence electrons. The highest BCUT2D eigenvalue weighted by atomic mass is 32.4. The predicted molar refractivity (Wildman–Crippen MR) is 83.3 cm³/mol. The normalized spacial score (nSPS) is 12.1. The molecular formula is C15H17OPS. The second-order valence-electron chi connectivity index (χ2n) is 4.10. The Labute approximate surface area is 114 Å². The Morgan fingerprint density at radius 3 is 2.39 bits per heavy atom. The zero-order valence-electron chi connectivity index (χ0n) is 10.4. The number of aryl methyl sites for hydroxylation is 1. The maximum Gasteiger partial charge on any atom is 0.122 e. The van der Waals surface area contributed by atoms with Crippen LogP contribution in [0.1, 0.15) is 5.56 Å². The first-order chi connectivity index (χ1) is 8.81. The van der Waals surface area contributed by atoms with E-state index in [0.717, 1.165) is 18.3 Å². The van der Waals surface area contributed by atoms with Gasteiger partial charge in [-0.1, -0.05) is 60.3 Å². The Kier molecular flexibility index (Phi) is 4.98. The molecule has 2 aromatic carbocycles. The lowest BCUT2D eigenvalue weighted by Crippen LogP contribution is -2.00. The van der Waals surface area contributed by atoms with Gasteiger partial charge in [0.05, 0.1) is 7.11 Å². The van der Waals surface area contributed by atoms with Crippen LogP contribution in [-0.2, 0) is 18.2 Å². The van der Waals surface area contributed by atoms with Crippen molar-refractivity contribution in [3.05, 3.63) is 60.2 Å². The summed E-state index contributed by atoms with van der Waals surface area (Å²) < 4.78 is 5.36. The molecule has 0 amide bonds. The summed E-state index contributed by atoms with van der Waals surface area (Å²) in [5.41, 5.74) is 1.25. The number of rotatable bonds is 5. The average molecular weight is 276 g/mol. The molecule has 0 aromatic heterocycles. The van der Waals surface area contributed by atoms with E-state index < -0.39 is 6.70 Å². The molecule has 0 saturated heterocycles. The van der Waals surface area contributed by atoms with Crippen molar-refractivity contribution in [1.29, 1.82) is 0 Å². The molecule has 0 heterocycles. The third-order valence-corrected chi connectivity index (χ3v) is 5.91. The van der Waals surface area contributed by atoms with Crippen molar-refractivity contribution in [3.63, 3.8) is 0 Å². The quantitative estimate of drug-likeness (QED) is 0.775. The number of para-hydroxylation sites is 1. The smallest absolute Gasteiger partial charge is 0.122 e. The molecule has 0 aliphatic heterocycles. The van der Waals surface area contributed by atoms with Gasteiger partial charge in [-0.25, -0.2) is 0 Å². The molecule has 3 heteroatoms. The van der Waals surface area contributed by atoms with Crippen LogP contribution in [0.2, 0.25) is 0 Å². The molecule has 0 spiro atoms. The summed E-state index contributed by atoms with van der Waals surface area (Å²) in [6, 6.07) is 18.6. The van der Waals surface area contributed by atoms with Crippen LogP contribution in [0.15, 0.2) is 54.6 Å². The second kappa shape index (κ2) is 6.72. The maximum atomic E-state index is 5.64. The zero-order chi connectivity index (χ0) is 12.8. The zero-order valence-corrected chi connectivity index (χ0v) is 12.2. The Morgan fingerprint density at radius 2 is 1.67 bits per heavy atom. The van der Waals surface area contributed by atoms with Crippen molar-refractivity contribution in [1.82, 2.24) is 0 Å². The fraction of sp³-hybridized carbons (Fsp3) is 0.200. The molecule has 0 bridgehead atoms. The second-order valence-corrected chi connectivity index (χ2v) is 7.50. The summed E-state index contributed by atoms with van der Waals surface area (Å²) in [7, 11) is 1.72. The van der Waals surface area contributed by atoms with Crippen molar-refractivity contribution >= 4 is 23.8 Å². The molecule has 0 fully saturated rings. The largest absolute Gasteiger partial charge is 0.496 e. The Bertz CT molecular complexity index is 525. The standard InChI is InChI=1S/C15H17OPS/c1-16-15-10-6-5-7-13(15)11-12-17(18)14-8-3-2-4-9-14/h2-10,17H,11-12H2,1H3. The number of ether oxygens (including phenoxy) is 1. The lowest BCUT2D eigenvalue weighted by atomic mass is 10.1. The molecule has 0 N–H and O–H groups in total. The highest BCUT2D eigenvalue weighted by molar-refractivity contribution is 8.08. The van der Waals surface area contributed by atoms with Crippen LogP contribution in [0.3, 0.4) is 0 Å². The van der Waals surface area contributed by atoms with Gasteiger partial charge in [0.1, 0.15) is 5.75 Å². The number of benzene rings is 2. The molecule has 0 saturated carbocycles. The first-order valence-corrected chi connectivity index (χ1v) is 8.85. The third-order valence-electron chi connectivity index (χ3n) is 2.91. The summed E-state index contributed by atoms with van der Waals surface area (Å²) in [6.45, 7) is -0.862. The van der Waals surface area contributed by atoms with E-state index in [-0.39, 0.29) is 0 Å². The number of hydrogen-bond acceptors (Lipinski definition) is 2. The van der Waals surface area contributed by atoms with E-state index in [1.807, 2.05) is 18.2 Å².